The normalized spacial score (nSPS) is 10.5. The van der Waals surface area contributed by atoms with Crippen molar-refractivity contribution in [1.82, 2.24) is 20.2 Å². The summed E-state index contributed by atoms with van der Waals surface area (Å²) in [5.74, 6) is 4.08. The SMILES string of the molecule is COc1ccc(OCCSCc2nnnn2-c2ccccc2)cc1. The van der Waals surface area contributed by atoms with Gasteiger partial charge in [-0.15, -0.1) is 5.10 Å². The molecule has 1 heterocycles. The van der Waals surface area contributed by atoms with Crippen LogP contribution in [0.5, 0.6) is 11.5 Å². The van der Waals surface area contributed by atoms with Crippen LogP contribution in [0.25, 0.3) is 5.69 Å². The number of thioether (sulfide) groups is 1. The van der Waals surface area contributed by atoms with Crippen molar-refractivity contribution in [2.45, 2.75) is 5.75 Å². The molecule has 0 aliphatic rings. The number of aromatic nitrogens is 4. The molecule has 0 saturated carbocycles. The monoisotopic (exact) mass is 342 g/mol. The Kier molecular flexibility index (Phi) is 5.68. The minimum Gasteiger partial charge on any atom is -0.497 e. The number of hydrogen-bond acceptors (Lipinski definition) is 6. The summed E-state index contributed by atoms with van der Waals surface area (Å²) in [5.41, 5.74) is 0.965. The first kappa shape index (κ1) is 16.3. The van der Waals surface area contributed by atoms with Gasteiger partial charge in [-0.1, -0.05) is 18.2 Å². The summed E-state index contributed by atoms with van der Waals surface area (Å²) in [5, 5.41) is 11.9. The van der Waals surface area contributed by atoms with E-state index in [0.29, 0.717) is 6.61 Å². The molecule has 2 aromatic carbocycles. The van der Waals surface area contributed by atoms with Crippen molar-refractivity contribution >= 4 is 11.8 Å². The minimum absolute atomic E-state index is 0.629. The molecule has 0 fully saturated rings. The highest BCUT2D eigenvalue weighted by Gasteiger charge is 2.07. The van der Waals surface area contributed by atoms with Crippen LogP contribution in [0.1, 0.15) is 5.82 Å². The van der Waals surface area contributed by atoms with Crippen molar-refractivity contribution in [1.29, 1.82) is 0 Å². The standard InChI is InChI=1S/C17H18N4O2S/c1-22-15-7-9-16(10-8-15)23-11-12-24-13-17-18-19-20-21(17)14-5-3-2-4-6-14/h2-10H,11-13H2,1H3. The van der Waals surface area contributed by atoms with Gasteiger partial charge in [-0.25, -0.2) is 0 Å². The van der Waals surface area contributed by atoms with Crippen molar-refractivity contribution in [3.05, 3.63) is 60.4 Å². The average Bonchev–Trinajstić information content (AvgIpc) is 3.11. The molecular weight excluding hydrogens is 324 g/mol. The first-order chi connectivity index (χ1) is 11.9. The zero-order valence-electron chi connectivity index (χ0n) is 13.3. The van der Waals surface area contributed by atoms with E-state index in [-0.39, 0.29) is 0 Å². The fraction of sp³-hybridized carbons (Fsp3) is 0.235. The fourth-order valence-electron chi connectivity index (χ4n) is 2.12. The number of benzene rings is 2. The third kappa shape index (κ3) is 4.26. The summed E-state index contributed by atoms with van der Waals surface area (Å²) in [6, 6.07) is 17.5. The van der Waals surface area contributed by atoms with Gasteiger partial charge in [0.1, 0.15) is 11.5 Å². The second-order valence-electron chi connectivity index (χ2n) is 4.92. The Balaban J connectivity index is 1.45. The lowest BCUT2D eigenvalue weighted by Crippen LogP contribution is -2.04. The Morgan fingerprint density at radius 3 is 2.50 bits per heavy atom. The average molecular weight is 342 g/mol. The van der Waals surface area contributed by atoms with Crippen molar-refractivity contribution in [3.8, 4) is 17.2 Å². The zero-order chi connectivity index (χ0) is 16.6. The molecule has 7 heteroatoms. The van der Waals surface area contributed by atoms with Crippen LogP contribution >= 0.6 is 11.8 Å². The van der Waals surface area contributed by atoms with E-state index in [9.17, 15) is 0 Å². The van der Waals surface area contributed by atoms with Crippen molar-refractivity contribution in [2.24, 2.45) is 0 Å². The lowest BCUT2D eigenvalue weighted by molar-refractivity contribution is 0.342. The van der Waals surface area contributed by atoms with E-state index in [1.807, 2.05) is 54.6 Å². The molecule has 0 aliphatic heterocycles. The van der Waals surface area contributed by atoms with Crippen LogP contribution in [0.15, 0.2) is 54.6 Å². The lowest BCUT2D eigenvalue weighted by atomic mass is 10.3. The molecule has 0 bridgehead atoms. The number of methoxy groups -OCH3 is 1. The van der Waals surface area contributed by atoms with Crippen LogP contribution in [0.4, 0.5) is 0 Å². The topological polar surface area (TPSA) is 62.1 Å². The molecule has 3 rings (SSSR count). The maximum absolute atomic E-state index is 5.70. The van der Waals surface area contributed by atoms with Crippen LogP contribution in [-0.4, -0.2) is 39.7 Å². The first-order valence-electron chi connectivity index (χ1n) is 7.54. The molecule has 0 aliphatic carbocycles. The van der Waals surface area contributed by atoms with Gasteiger partial charge in [0, 0.05) is 5.75 Å². The van der Waals surface area contributed by atoms with E-state index in [1.54, 1.807) is 23.6 Å². The van der Waals surface area contributed by atoms with Crippen LogP contribution in [0.3, 0.4) is 0 Å². The maximum atomic E-state index is 5.70. The molecule has 0 unspecified atom stereocenters. The molecule has 0 atom stereocenters. The highest BCUT2D eigenvalue weighted by atomic mass is 32.2. The van der Waals surface area contributed by atoms with E-state index < -0.39 is 0 Å². The van der Waals surface area contributed by atoms with Gasteiger partial charge in [0.25, 0.3) is 0 Å². The van der Waals surface area contributed by atoms with Gasteiger partial charge in [-0.2, -0.15) is 16.4 Å². The molecule has 6 nitrogen and oxygen atoms in total. The Morgan fingerprint density at radius 2 is 1.75 bits per heavy atom. The Bertz CT molecular complexity index is 747. The molecule has 0 radical (unpaired) electrons. The van der Waals surface area contributed by atoms with Gasteiger partial charge in [0.05, 0.1) is 25.2 Å². The number of hydrogen-bond donors (Lipinski definition) is 0. The Hall–Kier alpha value is -2.54. The van der Waals surface area contributed by atoms with Gasteiger partial charge in [-0.3, -0.25) is 0 Å². The Labute approximate surface area is 144 Å². The number of para-hydroxylation sites is 1. The molecule has 124 valence electrons. The molecule has 1 aromatic heterocycles. The second kappa shape index (κ2) is 8.35. The third-order valence-corrected chi connectivity index (χ3v) is 4.24. The molecule has 3 aromatic rings. The predicted octanol–water partition coefficient (Wildman–Crippen LogP) is 2.98. The van der Waals surface area contributed by atoms with E-state index >= 15 is 0 Å². The summed E-state index contributed by atoms with van der Waals surface area (Å²) in [6.07, 6.45) is 0. The van der Waals surface area contributed by atoms with Crippen LogP contribution in [0, 0.1) is 0 Å². The first-order valence-corrected chi connectivity index (χ1v) is 8.69. The number of ether oxygens (including phenoxy) is 2. The highest BCUT2D eigenvalue weighted by molar-refractivity contribution is 7.98. The van der Waals surface area contributed by atoms with Gasteiger partial charge < -0.3 is 9.47 Å². The summed E-state index contributed by atoms with van der Waals surface area (Å²) in [7, 11) is 1.65. The van der Waals surface area contributed by atoms with Crippen LogP contribution in [-0.2, 0) is 5.75 Å². The van der Waals surface area contributed by atoms with Gasteiger partial charge >= 0.3 is 0 Å². The van der Waals surface area contributed by atoms with Crippen LogP contribution < -0.4 is 9.47 Å². The quantitative estimate of drug-likeness (QED) is 0.587. The largest absolute Gasteiger partial charge is 0.497 e. The zero-order valence-corrected chi connectivity index (χ0v) is 14.1. The number of tetrazole rings is 1. The smallest absolute Gasteiger partial charge is 0.166 e. The summed E-state index contributed by atoms with van der Waals surface area (Å²) >= 11 is 1.73. The van der Waals surface area contributed by atoms with Crippen LogP contribution in [0.2, 0.25) is 0 Å². The van der Waals surface area contributed by atoms with Gasteiger partial charge in [0.2, 0.25) is 0 Å². The van der Waals surface area contributed by atoms with Crippen molar-refractivity contribution < 1.29 is 9.47 Å². The lowest BCUT2D eigenvalue weighted by Gasteiger charge is -2.07. The number of nitrogens with zero attached hydrogens (tertiary/aromatic N) is 4. The predicted molar refractivity (Wildman–Crippen MR) is 93.8 cm³/mol. The summed E-state index contributed by atoms with van der Waals surface area (Å²) in [4.78, 5) is 0. The molecule has 24 heavy (non-hydrogen) atoms. The fourth-order valence-corrected chi connectivity index (χ4v) is 2.83. The van der Waals surface area contributed by atoms with Gasteiger partial charge in [-0.05, 0) is 46.8 Å². The summed E-state index contributed by atoms with van der Waals surface area (Å²) in [6.45, 7) is 0.629. The molecule has 0 amide bonds. The van der Waals surface area contributed by atoms with Gasteiger partial charge in [0.15, 0.2) is 5.82 Å². The molecule has 0 saturated heterocycles. The van der Waals surface area contributed by atoms with E-state index in [4.69, 9.17) is 9.47 Å². The maximum Gasteiger partial charge on any atom is 0.166 e. The minimum atomic E-state index is 0.629. The molecular formula is C17H18N4O2S. The molecule has 0 N–H and O–H groups in total. The highest BCUT2D eigenvalue weighted by Crippen LogP contribution is 2.18. The summed E-state index contributed by atoms with van der Waals surface area (Å²) < 4.78 is 12.6. The number of rotatable bonds is 8. The third-order valence-electron chi connectivity index (χ3n) is 3.32. The second-order valence-corrected chi connectivity index (χ2v) is 6.02. The van der Waals surface area contributed by atoms with Crippen molar-refractivity contribution in [3.63, 3.8) is 0 Å². The van der Waals surface area contributed by atoms with E-state index in [0.717, 1.165) is 34.5 Å². The van der Waals surface area contributed by atoms with E-state index in [2.05, 4.69) is 15.5 Å². The van der Waals surface area contributed by atoms with E-state index in [1.165, 1.54) is 0 Å². The Morgan fingerprint density at radius 1 is 1.00 bits per heavy atom. The van der Waals surface area contributed by atoms with Crippen molar-refractivity contribution in [2.75, 3.05) is 19.5 Å². The molecule has 0 spiro atoms.